The lowest BCUT2D eigenvalue weighted by Crippen LogP contribution is -2.36. The molecule has 0 radical (unpaired) electrons. The quantitative estimate of drug-likeness (QED) is 0.313. The smallest absolute Gasteiger partial charge is 0.191 e. The zero-order valence-electron chi connectivity index (χ0n) is 17.0. The number of aliphatic imine (C=N–C) groups is 1. The third kappa shape index (κ3) is 7.55. The van der Waals surface area contributed by atoms with E-state index < -0.39 is 0 Å². The minimum Gasteiger partial charge on any atom is -0.493 e. The molecular formula is C21H30IN3O3. The summed E-state index contributed by atoms with van der Waals surface area (Å²) >= 11 is 0. The van der Waals surface area contributed by atoms with Crippen LogP contribution >= 0.6 is 24.0 Å². The molecule has 0 aromatic heterocycles. The molecule has 0 heterocycles. The molecule has 2 rings (SSSR count). The van der Waals surface area contributed by atoms with Gasteiger partial charge in [0.1, 0.15) is 0 Å². The van der Waals surface area contributed by atoms with Crippen LogP contribution in [0.1, 0.15) is 23.6 Å². The number of guanidine groups is 1. The number of hydrogen-bond donors (Lipinski definition) is 2. The fraction of sp³-hybridized carbons (Fsp3) is 0.381. The molecule has 7 heteroatoms. The Morgan fingerprint density at radius 2 is 1.43 bits per heavy atom. The number of nitrogens with zero attached hydrogens (tertiary/aromatic N) is 1. The summed E-state index contributed by atoms with van der Waals surface area (Å²) in [5, 5.41) is 6.63. The first-order chi connectivity index (χ1) is 13.2. The second-order valence-electron chi connectivity index (χ2n) is 5.92. The number of nitrogens with one attached hydrogen (secondary N) is 2. The van der Waals surface area contributed by atoms with Crippen LogP contribution in [0.4, 0.5) is 0 Å². The van der Waals surface area contributed by atoms with Crippen molar-refractivity contribution in [2.75, 3.05) is 27.9 Å². The van der Waals surface area contributed by atoms with Crippen LogP contribution in [0.15, 0.2) is 47.5 Å². The summed E-state index contributed by atoms with van der Waals surface area (Å²) in [4.78, 5) is 4.27. The van der Waals surface area contributed by atoms with E-state index in [-0.39, 0.29) is 24.0 Å². The largest absolute Gasteiger partial charge is 0.493 e. The number of hydrogen-bond acceptors (Lipinski definition) is 4. The molecule has 2 N–H and O–H groups in total. The molecule has 2 aromatic rings. The normalized spacial score (nSPS) is 10.8. The predicted octanol–water partition coefficient (Wildman–Crippen LogP) is 3.72. The minimum atomic E-state index is 0. The maximum atomic E-state index is 5.42. The molecule has 28 heavy (non-hydrogen) atoms. The lowest BCUT2D eigenvalue weighted by atomic mass is 10.1. The summed E-state index contributed by atoms with van der Waals surface area (Å²) in [6.45, 7) is 4.71. The van der Waals surface area contributed by atoms with Crippen LogP contribution in [0.25, 0.3) is 0 Å². The highest BCUT2D eigenvalue weighted by molar-refractivity contribution is 14.0. The summed E-state index contributed by atoms with van der Waals surface area (Å²) in [7, 11) is 5.02. The lowest BCUT2D eigenvalue weighted by Gasteiger charge is -2.14. The van der Waals surface area contributed by atoms with Crippen LogP contribution in [0.5, 0.6) is 11.5 Å². The highest BCUT2D eigenvalue weighted by atomic mass is 127. The first kappa shape index (κ1) is 24.0. The van der Waals surface area contributed by atoms with Crippen LogP contribution in [0.3, 0.4) is 0 Å². The number of halogens is 1. The van der Waals surface area contributed by atoms with Gasteiger partial charge in [0.25, 0.3) is 0 Å². The van der Waals surface area contributed by atoms with Gasteiger partial charge < -0.3 is 24.8 Å². The van der Waals surface area contributed by atoms with Gasteiger partial charge in [-0.25, -0.2) is 0 Å². The zero-order valence-corrected chi connectivity index (χ0v) is 19.3. The SMILES string of the molecule is CCOCc1ccc(CNC(=NC)NCc2ccc(OC)c(OC)c2)cc1.I. The van der Waals surface area contributed by atoms with Gasteiger partial charge in [0.2, 0.25) is 0 Å². The van der Waals surface area contributed by atoms with E-state index in [0.29, 0.717) is 25.4 Å². The molecule has 0 amide bonds. The third-order valence-corrected chi connectivity index (χ3v) is 4.09. The summed E-state index contributed by atoms with van der Waals surface area (Å²) in [6.07, 6.45) is 0. The van der Waals surface area contributed by atoms with Crippen LogP contribution in [-0.2, 0) is 24.4 Å². The number of rotatable bonds is 9. The third-order valence-electron chi connectivity index (χ3n) is 4.09. The van der Waals surface area contributed by atoms with Gasteiger partial charge in [-0.3, -0.25) is 4.99 Å². The van der Waals surface area contributed by atoms with Crippen molar-refractivity contribution in [1.82, 2.24) is 10.6 Å². The van der Waals surface area contributed by atoms with Crippen molar-refractivity contribution in [2.24, 2.45) is 4.99 Å². The van der Waals surface area contributed by atoms with Gasteiger partial charge in [-0.05, 0) is 35.7 Å². The maximum absolute atomic E-state index is 5.42. The van der Waals surface area contributed by atoms with E-state index >= 15 is 0 Å². The van der Waals surface area contributed by atoms with Crippen molar-refractivity contribution in [3.63, 3.8) is 0 Å². The van der Waals surface area contributed by atoms with E-state index in [4.69, 9.17) is 14.2 Å². The van der Waals surface area contributed by atoms with Crippen LogP contribution in [0.2, 0.25) is 0 Å². The molecule has 0 aliphatic rings. The van der Waals surface area contributed by atoms with Crippen molar-refractivity contribution < 1.29 is 14.2 Å². The maximum Gasteiger partial charge on any atom is 0.191 e. The molecule has 0 aliphatic heterocycles. The number of ether oxygens (including phenoxy) is 3. The molecule has 154 valence electrons. The summed E-state index contributed by atoms with van der Waals surface area (Å²) in [5.41, 5.74) is 3.44. The first-order valence-electron chi connectivity index (χ1n) is 9.01. The van der Waals surface area contributed by atoms with Crippen molar-refractivity contribution in [2.45, 2.75) is 26.6 Å². The molecule has 0 fully saturated rings. The Morgan fingerprint density at radius 1 is 0.857 bits per heavy atom. The standard InChI is InChI=1S/C21H29N3O3.HI/c1-5-27-15-17-8-6-16(7-9-17)13-23-21(22-2)24-14-18-10-11-19(25-3)20(12-18)26-4;/h6-12H,5,13-15H2,1-4H3,(H2,22,23,24);1H. The second-order valence-corrected chi connectivity index (χ2v) is 5.92. The van der Waals surface area contributed by atoms with Gasteiger partial charge in [0.05, 0.1) is 20.8 Å². The second kappa shape index (κ2) is 13.2. The predicted molar refractivity (Wildman–Crippen MR) is 124 cm³/mol. The minimum absolute atomic E-state index is 0. The Bertz CT molecular complexity index is 736. The Hall–Kier alpha value is -2.00. The lowest BCUT2D eigenvalue weighted by molar-refractivity contribution is 0.134. The van der Waals surface area contributed by atoms with E-state index in [9.17, 15) is 0 Å². The molecule has 0 saturated carbocycles. The average molecular weight is 499 g/mol. The molecule has 0 unspecified atom stereocenters. The van der Waals surface area contributed by atoms with Crippen molar-refractivity contribution in [3.8, 4) is 11.5 Å². The van der Waals surface area contributed by atoms with Gasteiger partial charge in [0, 0.05) is 26.7 Å². The van der Waals surface area contributed by atoms with E-state index in [1.54, 1.807) is 21.3 Å². The molecule has 0 bridgehead atoms. The Balaban J connectivity index is 0.00000392. The fourth-order valence-electron chi connectivity index (χ4n) is 2.56. The summed E-state index contributed by atoms with van der Waals surface area (Å²) < 4.78 is 16.0. The molecule has 0 aliphatic carbocycles. The van der Waals surface area contributed by atoms with Gasteiger partial charge in [0.15, 0.2) is 17.5 Å². The van der Waals surface area contributed by atoms with Gasteiger partial charge >= 0.3 is 0 Å². The molecule has 0 saturated heterocycles. The summed E-state index contributed by atoms with van der Waals surface area (Å²) in [5.74, 6) is 2.17. The molecule has 6 nitrogen and oxygen atoms in total. The number of benzene rings is 2. The monoisotopic (exact) mass is 499 g/mol. The molecular weight excluding hydrogens is 469 g/mol. The molecule has 0 atom stereocenters. The summed E-state index contributed by atoms with van der Waals surface area (Å²) in [6, 6.07) is 14.2. The van der Waals surface area contributed by atoms with E-state index in [2.05, 4.69) is 39.9 Å². The van der Waals surface area contributed by atoms with Gasteiger partial charge in [-0.2, -0.15) is 0 Å². The Kier molecular flexibility index (Phi) is 11.4. The first-order valence-corrected chi connectivity index (χ1v) is 9.01. The van der Waals surface area contributed by atoms with Crippen molar-refractivity contribution in [1.29, 1.82) is 0 Å². The van der Waals surface area contributed by atoms with E-state index in [1.165, 1.54) is 11.1 Å². The highest BCUT2D eigenvalue weighted by Crippen LogP contribution is 2.27. The fourth-order valence-corrected chi connectivity index (χ4v) is 2.56. The Morgan fingerprint density at radius 3 is 2.00 bits per heavy atom. The van der Waals surface area contributed by atoms with Crippen molar-refractivity contribution >= 4 is 29.9 Å². The van der Waals surface area contributed by atoms with Crippen LogP contribution < -0.4 is 20.1 Å². The molecule has 2 aromatic carbocycles. The zero-order chi connectivity index (χ0) is 19.5. The van der Waals surface area contributed by atoms with Gasteiger partial charge in [-0.1, -0.05) is 30.3 Å². The average Bonchev–Trinajstić information content (AvgIpc) is 2.72. The molecule has 0 spiro atoms. The van der Waals surface area contributed by atoms with E-state index in [1.807, 2.05) is 25.1 Å². The van der Waals surface area contributed by atoms with E-state index in [0.717, 1.165) is 23.9 Å². The topological polar surface area (TPSA) is 64.1 Å². The van der Waals surface area contributed by atoms with Crippen LogP contribution in [0, 0.1) is 0 Å². The van der Waals surface area contributed by atoms with Crippen LogP contribution in [-0.4, -0.2) is 33.8 Å². The van der Waals surface area contributed by atoms with Crippen molar-refractivity contribution in [3.05, 3.63) is 59.2 Å². The highest BCUT2D eigenvalue weighted by Gasteiger charge is 2.05. The number of methoxy groups -OCH3 is 2. The van der Waals surface area contributed by atoms with Gasteiger partial charge in [-0.15, -0.1) is 24.0 Å². The Labute approximate surface area is 184 Å².